The van der Waals surface area contributed by atoms with Crippen molar-refractivity contribution in [1.82, 2.24) is 0 Å². The number of carbonyl (C=O) groups is 4. The highest BCUT2D eigenvalue weighted by atomic mass is 35.5. The minimum atomic E-state index is -1.75. The minimum Gasteiger partial charge on any atom is -0.469 e. The zero-order valence-electron chi connectivity index (χ0n) is 20.5. The lowest BCUT2D eigenvalue weighted by Gasteiger charge is -2.28. The molecule has 0 aromatic rings. The Morgan fingerprint density at radius 2 is 1.80 bits per heavy atom. The Hall–Kier alpha value is -2.49. The zero-order valence-corrected chi connectivity index (χ0v) is 21.2. The lowest BCUT2D eigenvalue weighted by molar-refractivity contribution is -0.162. The molecule has 0 amide bonds. The second kappa shape index (κ2) is 12.5. The lowest BCUT2D eigenvalue weighted by Crippen LogP contribution is -2.39. The molecule has 10 heteroatoms. The fourth-order valence-corrected chi connectivity index (χ4v) is 4.37. The second-order valence-electron chi connectivity index (χ2n) is 8.46. The number of ether oxygens (including phenoxy) is 4. The molecule has 5 unspecified atom stereocenters. The highest BCUT2D eigenvalue weighted by molar-refractivity contribution is 6.41. The third-order valence-electron chi connectivity index (χ3n) is 5.71. The summed E-state index contributed by atoms with van der Waals surface area (Å²) < 4.78 is 20.7. The molecule has 2 fully saturated rings. The van der Waals surface area contributed by atoms with Gasteiger partial charge in [-0.2, -0.15) is 0 Å². The molecule has 9 nitrogen and oxygen atoms in total. The lowest BCUT2D eigenvalue weighted by atomic mass is 9.89. The van der Waals surface area contributed by atoms with Gasteiger partial charge in [-0.25, -0.2) is 0 Å². The van der Waals surface area contributed by atoms with Crippen molar-refractivity contribution in [3.63, 3.8) is 0 Å². The van der Waals surface area contributed by atoms with Crippen molar-refractivity contribution in [2.75, 3.05) is 7.11 Å². The normalized spacial score (nSPS) is 28.2. The maximum atomic E-state index is 13.0. The van der Waals surface area contributed by atoms with Crippen molar-refractivity contribution in [3.8, 4) is 0 Å². The molecular weight excluding hydrogens is 480 g/mol. The number of epoxide rings is 1. The van der Waals surface area contributed by atoms with Gasteiger partial charge >= 0.3 is 17.9 Å². The van der Waals surface area contributed by atoms with Crippen LogP contribution in [0, 0.1) is 0 Å². The summed E-state index contributed by atoms with van der Waals surface area (Å²) in [4.78, 5) is 48.1. The Morgan fingerprint density at radius 1 is 1.14 bits per heavy atom. The van der Waals surface area contributed by atoms with Crippen molar-refractivity contribution >= 4 is 35.3 Å². The summed E-state index contributed by atoms with van der Waals surface area (Å²) in [6.07, 6.45) is 7.73. The van der Waals surface area contributed by atoms with Crippen LogP contribution in [0.25, 0.3) is 0 Å². The molecule has 0 spiro atoms. The number of alkyl halides is 1. The molecule has 0 bridgehead atoms. The van der Waals surface area contributed by atoms with Crippen molar-refractivity contribution in [2.45, 2.75) is 88.3 Å². The Labute approximate surface area is 210 Å². The number of hydrogen-bond acceptors (Lipinski definition) is 9. The van der Waals surface area contributed by atoms with E-state index in [1.54, 1.807) is 6.08 Å². The maximum absolute atomic E-state index is 13.0. The number of methoxy groups -OCH3 is 1. The molecule has 1 N–H and O–H groups in total. The van der Waals surface area contributed by atoms with E-state index in [1.807, 2.05) is 25.2 Å². The predicted octanol–water partition coefficient (Wildman–Crippen LogP) is 3.07. The number of hydrogen-bond donors (Lipinski definition) is 1. The summed E-state index contributed by atoms with van der Waals surface area (Å²) in [6.45, 7) is 4.38. The SMILES string of the molecule is CCC=CCC=CCC1(O)C(=CC(OC(C)=O)C(CCCC(=O)OC)OC(C)=O)C(=O)C2(Cl)OC12. The number of halogens is 1. The summed E-state index contributed by atoms with van der Waals surface area (Å²) >= 11 is 6.29. The molecule has 0 aromatic carbocycles. The highest BCUT2D eigenvalue weighted by Crippen LogP contribution is 2.59. The van der Waals surface area contributed by atoms with Gasteiger partial charge in [-0.1, -0.05) is 42.8 Å². The van der Waals surface area contributed by atoms with Gasteiger partial charge in [0.15, 0.2) is 6.10 Å². The van der Waals surface area contributed by atoms with Gasteiger partial charge < -0.3 is 24.1 Å². The summed E-state index contributed by atoms with van der Waals surface area (Å²) in [6, 6.07) is 0. The number of rotatable bonds is 13. The standard InChI is InChI=1S/C25H33ClO9/c1-5-6-7-8-9-10-14-24(31)18(22(30)25(26)23(24)35-25)15-20(34-17(3)28)19(33-16(2)27)12-11-13-21(29)32-4/h6-7,9-10,15,19-20,23,31H,5,8,11-14H2,1-4H3. The van der Waals surface area contributed by atoms with Gasteiger partial charge in [0, 0.05) is 32.3 Å². The first kappa shape index (κ1) is 28.7. The van der Waals surface area contributed by atoms with Crippen LogP contribution in [0.5, 0.6) is 0 Å². The molecule has 35 heavy (non-hydrogen) atoms. The zero-order chi connectivity index (χ0) is 26.2. The van der Waals surface area contributed by atoms with E-state index in [9.17, 15) is 24.3 Å². The van der Waals surface area contributed by atoms with Crippen LogP contribution in [0.3, 0.4) is 0 Å². The van der Waals surface area contributed by atoms with Crippen LogP contribution in [0.2, 0.25) is 0 Å². The summed E-state index contributed by atoms with van der Waals surface area (Å²) in [7, 11) is 1.26. The molecule has 0 radical (unpaired) electrons. The first-order valence-electron chi connectivity index (χ1n) is 11.6. The Bertz CT molecular complexity index is 909. The third kappa shape index (κ3) is 7.25. The van der Waals surface area contributed by atoms with Crippen molar-refractivity contribution < 1.29 is 43.2 Å². The van der Waals surface area contributed by atoms with E-state index in [4.69, 9.17) is 25.8 Å². The van der Waals surface area contributed by atoms with Gasteiger partial charge in [0.1, 0.15) is 17.8 Å². The first-order chi connectivity index (χ1) is 16.5. The van der Waals surface area contributed by atoms with Gasteiger partial charge in [-0.05, 0) is 31.8 Å². The van der Waals surface area contributed by atoms with Crippen LogP contribution in [-0.4, -0.2) is 64.9 Å². The molecule has 1 heterocycles. The van der Waals surface area contributed by atoms with Crippen LogP contribution < -0.4 is 0 Å². The summed E-state index contributed by atoms with van der Waals surface area (Å²) in [5, 5.41) is 9.77. The topological polar surface area (TPSA) is 129 Å². The predicted molar refractivity (Wildman–Crippen MR) is 126 cm³/mol. The van der Waals surface area contributed by atoms with E-state index in [0.717, 1.165) is 6.42 Å². The van der Waals surface area contributed by atoms with Gasteiger partial charge in [0.05, 0.1) is 7.11 Å². The number of fused-ring (bicyclic) bond motifs is 1. The molecule has 1 saturated heterocycles. The fraction of sp³-hybridized carbons (Fsp3) is 0.600. The molecule has 1 aliphatic carbocycles. The van der Waals surface area contributed by atoms with Gasteiger partial charge in [0.25, 0.3) is 0 Å². The Kier molecular flexibility index (Phi) is 10.2. The van der Waals surface area contributed by atoms with E-state index in [-0.39, 0.29) is 31.3 Å². The van der Waals surface area contributed by atoms with Crippen molar-refractivity contribution in [2.24, 2.45) is 0 Å². The van der Waals surface area contributed by atoms with Crippen molar-refractivity contribution in [3.05, 3.63) is 36.0 Å². The number of Topliss-reactive ketones (excluding diaryl/α,β-unsaturated/α-hetero) is 1. The summed E-state index contributed by atoms with van der Waals surface area (Å²) in [5.41, 5.74) is -1.83. The largest absolute Gasteiger partial charge is 0.469 e. The fourth-order valence-electron chi connectivity index (χ4n) is 4.00. The van der Waals surface area contributed by atoms with Crippen LogP contribution in [0.15, 0.2) is 36.0 Å². The molecule has 194 valence electrons. The van der Waals surface area contributed by atoms with E-state index in [2.05, 4.69) is 4.74 Å². The van der Waals surface area contributed by atoms with Crippen molar-refractivity contribution in [1.29, 1.82) is 0 Å². The van der Waals surface area contributed by atoms with Gasteiger partial charge in [-0.3, -0.25) is 19.2 Å². The molecule has 0 aromatic heterocycles. The van der Waals surface area contributed by atoms with Crippen LogP contribution in [0.1, 0.15) is 59.3 Å². The monoisotopic (exact) mass is 512 g/mol. The molecule has 1 aliphatic heterocycles. The van der Waals surface area contributed by atoms with E-state index < -0.39 is 52.7 Å². The van der Waals surface area contributed by atoms with E-state index >= 15 is 0 Å². The average molecular weight is 513 g/mol. The molecule has 1 saturated carbocycles. The van der Waals surface area contributed by atoms with Gasteiger partial charge in [-0.15, -0.1) is 0 Å². The number of aliphatic hydroxyl groups is 1. The third-order valence-corrected chi connectivity index (χ3v) is 6.17. The molecule has 2 aliphatic rings. The summed E-state index contributed by atoms with van der Waals surface area (Å²) in [5.74, 6) is -2.41. The number of ketones is 1. The smallest absolute Gasteiger partial charge is 0.305 e. The van der Waals surface area contributed by atoms with E-state index in [0.29, 0.717) is 6.42 Å². The average Bonchev–Trinajstić information content (AvgIpc) is 3.47. The molecular formula is C25H33ClO9. The Balaban J connectivity index is 2.34. The first-order valence-corrected chi connectivity index (χ1v) is 11.9. The van der Waals surface area contributed by atoms with E-state index in [1.165, 1.54) is 27.0 Å². The Morgan fingerprint density at radius 3 is 2.40 bits per heavy atom. The van der Waals surface area contributed by atoms with Crippen LogP contribution in [-0.2, 0) is 38.1 Å². The van der Waals surface area contributed by atoms with Crippen LogP contribution in [0.4, 0.5) is 0 Å². The quantitative estimate of drug-likeness (QED) is 0.0987. The van der Waals surface area contributed by atoms with Crippen LogP contribution >= 0.6 is 11.6 Å². The number of esters is 3. The minimum absolute atomic E-state index is 0.0387. The second-order valence-corrected chi connectivity index (χ2v) is 9.02. The molecule has 2 rings (SSSR count). The number of allylic oxidation sites excluding steroid dienone is 3. The highest BCUT2D eigenvalue weighted by Gasteiger charge is 2.78. The maximum Gasteiger partial charge on any atom is 0.305 e. The van der Waals surface area contributed by atoms with Gasteiger partial charge in [0.2, 0.25) is 10.8 Å². The number of carbonyl (C=O) groups excluding carboxylic acids is 4. The molecule has 5 atom stereocenters.